The second-order valence-corrected chi connectivity index (χ2v) is 10.3. The van der Waals surface area contributed by atoms with E-state index in [4.69, 9.17) is 4.74 Å². The summed E-state index contributed by atoms with van der Waals surface area (Å²) < 4.78 is 37.4. The Hall–Kier alpha value is -3.93. The number of amides is 1. The average molecular weight is 548 g/mol. The van der Waals surface area contributed by atoms with E-state index in [0.717, 1.165) is 43.9 Å². The van der Waals surface area contributed by atoms with Gasteiger partial charge in [-0.3, -0.25) is 14.6 Å². The van der Waals surface area contributed by atoms with Gasteiger partial charge in [0.1, 0.15) is 17.3 Å². The van der Waals surface area contributed by atoms with E-state index < -0.39 is 11.6 Å². The molecule has 2 aliphatic rings. The van der Waals surface area contributed by atoms with Crippen LogP contribution in [0.4, 0.5) is 20.4 Å². The van der Waals surface area contributed by atoms with Crippen LogP contribution in [0.15, 0.2) is 48.8 Å². The first-order valence-corrected chi connectivity index (χ1v) is 13.4. The normalized spacial score (nSPS) is 16.8. The van der Waals surface area contributed by atoms with Gasteiger partial charge in [0.25, 0.3) is 0 Å². The molecule has 2 N–H and O–H groups in total. The highest BCUT2D eigenvalue weighted by molar-refractivity contribution is 5.79. The topological polar surface area (TPSA) is 87.6 Å². The van der Waals surface area contributed by atoms with E-state index >= 15 is 8.78 Å². The van der Waals surface area contributed by atoms with E-state index in [1.54, 1.807) is 21.9 Å². The molecule has 0 aliphatic carbocycles. The van der Waals surface area contributed by atoms with E-state index in [9.17, 15) is 4.79 Å². The largest absolute Gasteiger partial charge is 0.379 e. The Morgan fingerprint density at radius 3 is 2.60 bits per heavy atom. The Morgan fingerprint density at radius 2 is 1.82 bits per heavy atom. The summed E-state index contributed by atoms with van der Waals surface area (Å²) in [5, 5.41) is 6.75. The zero-order valence-corrected chi connectivity index (χ0v) is 22.3. The number of fused-ring (bicyclic) bond motifs is 1. The molecule has 0 atom stereocenters. The van der Waals surface area contributed by atoms with Gasteiger partial charge in [0.2, 0.25) is 11.9 Å². The molecule has 6 rings (SSSR count). The minimum Gasteiger partial charge on any atom is -0.379 e. The summed E-state index contributed by atoms with van der Waals surface area (Å²) >= 11 is 0. The highest BCUT2D eigenvalue weighted by Crippen LogP contribution is 2.26. The maximum Gasteiger partial charge on any atom is 0.234 e. The second kappa shape index (κ2) is 11.3. The van der Waals surface area contributed by atoms with Crippen molar-refractivity contribution >= 4 is 28.6 Å². The van der Waals surface area contributed by atoms with Crippen LogP contribution in [0.1, 0.15) is 16.7 Å². The van der Waals surface area contributed by atoms with Crippen LogP contribution in [0.25, 0.3) is 16.7 Å². The van der Waals surface area contributed by atoms with Gasteiger partial charge in [-0.05, 0) is 48.4 Å². The number of anilines is 2. The monoisotopic (exact) mass is 547 g/mol. The Morgan fingerprint density at radius 1 is 1.02 bits per heavy atom. The first-order valence-electron chi connectivity index (χ1n) is 13.4. The van der Waals surface area contributed by atoms with Gasteiger partial charge in [0, 0.05) is 68.3 Å². The highest BCUT2D eigenvalue weighted by Gasteiger charge is 2.21. The van der Waals surface area contributed by atoms with Gasteiger partial charge < -0.3 is 19.9 Å². The van der Waals surface area contributed by atoms with Crippen molar-refractivity contribution in [2.75, 3.05) is 51.3 Å². The van der Waals surface area contributed by atoms with Crippen LogP contribution in [-0.2, 0) is 22.6 Å². The lowest BCUT2D eigenvalue weighted by Gasteiger charge is -2.27. The molecule has 0 spiro atoms. The number of hydrogen-bond acceptors (Lipinski definition) is 7. The van der Waals surface area contributed by atoms with Gasteiger partial charge in [-0.2, -0.15) is 4.98 Å². The molecule has 2 aromatic carbocycles. The Kier molecular flexibility index (Phi) is 7.42. The molecule has 4 aromatic rings. The number of benzene rings is 2. The number of piperazine rings is 1. The second-order valence-electron chi connectivity index (χ2n) is 10.3. The van der Waals surface area contributed by atoms with Crippen molar-refractivity contribution < 1.29 is 18.3 Å². The number of morpholine rings is 1. The maximum absolute atomic E-state index is 15.1. The third-order valence-electron chi connectivity index (χ3n) is 7.43. The Labute approximate surface area is 230 Å². The fourth-order valence-electron chi connectivity index (χ4n) is 5.17. The number of carbonyl (C=O) groups excluding carboxylic acids is 1. The maximum atomic E-state index is 15.1. The van der Waals surface area contributed by atoms with E-state index in [1.165, 1.54) is 23.3 Å². The summed E-state index contributed by atoms with van der Waals surface area (Å²) in [6.07, 6.45) is 3.41. The number of hydrogen-bond donors (Lipinski definition) is 2. The van der Waals surface area contributed by atoms with E-state index in [2.05, 4.69) is 44.6 Å². The SMILES string of the molecule is Cc1ccc(Nc2ncc3ccn(-c4cc(F)c(CN5CCNC(=O)C5)c(F)c4)c3n2)cc1CN1CCOCC1. The van der Waals surface area contributed by atoms with Crippen LogP contribution in [0.2, 0.25) is 0 Å². The smallest absolute Gasteiger partial charge is 0.234 e. The molecule has 2 fully saturated rings. The van der Waals surface area contributed by atoms with Crippen molar-refractivity contribution in [3.05, 3.63) is 77.1 Å². The van der Waals surface area contributed by atoms with Crippen molar-refractivity contribution in [2.45, 2.75) is 20.0 Å². The Bertz CT molecular complexity index is 1530. The van der Waals surface area contributed by atoms with Crippen molar-refractivity contribution in [1.82, 2.24) is 29.7 Å². The molecule has 4 heterocycles. The van der Waals surface area contributed by atoms with Crippen LogP contribution in [0, 0.1) is 18.6 Å². The minimum absolute atomic E-state index is 0.0259. The van der Waals surface area contributed by atoms with E-state index in [0.29, 0.717) is 30.4 Å². The first kappa shape index (κ1) is 26.3. The summed E-state index contributed by atoms with van der Waals surface area (Å²) in [7, 11) is 0. The highest BCUT2D eigenvalue weighted by atomic mass is 19.1. The predicted molar refractivity (Wildman–Crippen MR) is 148 cm³/mol. The molecule has 2 aromatic heterocycles. The molecular formula is C29H31F2N7O2. The van der Waals surface area contributed by atoms with Gasteiger partial charge >= 0.3 is 0 Å². The van der Waals surface area contributed by atoms with E-state index in [-0.39, 0.29) is 24.6 Å². The number of nitrogens with one attached hydrogen (secondary N) is 2. The van der Waals surface area contributed by atoms with Crippen LogP contribution in [-0.4, -0.2) is 76.2 Å². The van der Waals surface area contributed by atoms with Crippen LogP contribution in [0.5, 0.6) is 0 Å². The van der Waals surface area contributed by atoms with Crippen LogP contribution < -0.4 is 10.6 Å². The van der Waals surface area contributed by atoms with Gasteiger partial charge in [-0.1, -0.05) is 6.07 Å². The summed E-state index contributed by atoms with van der Waals surface area (Å²) in [6.45, 7) is 7.39. The van der Waals surface area contributed by atoms with E-state index in [1.807, 2.05) is 12.1 Å². The molecular weight excluding hydrogens is 516 g/mol. The number of ether oxygens (including phenoxy) is 1. The number of halogens is 2. The fourth-order valence-corrected chi connectivity index (χ4v) is 5.17. The number of aryl methyl sites for hydroxylation is 1. The van der Waals surface area contributed by atoms with Gasteiger partial charge in [-0.25, -0.2) is 13.8 Å². The van der Waals surface area contributed by atoms with Crippen molar-refractivity contribution in [1.29, 1.82) is 0 Å². The number of carbonyl (C=O) groups is 1. The lowest BCUT2D eigenvalue weighted by Crippen LogP contribution is -2.47. The first-order chi connectivity index (χ1) is 19.4. The van der Waals surface area contributed by atoms with Crippen molar-refractivity contribution in [3.8, 4) is 5.69 Å². The number of rotatable bonds is 7. The van der Waals surface area contributed by atoms with Gasteiger partial charge in [0.05, 0.1) is 25.4 Å². The molecule has 0 radical (unpaired) electrons. The number of nitrogens with zero attached hydrogens (tertiary/aromatic N) is 5. The van der Waals surface area contributed by atoms with Crippen molar-refractivity contribution in [2.24, 2.45) is 0 Å². The molecule has 208 valence electrons. The van der Waals surface area contributed by atoms with Crippen LogP contribution >= 0.6 is 0 Å². The summed E-state index contributed by atoms with van der Waals surface area (Å²) in [5.41, 5.74) is 4.07. The van der Waals surface area contributed by atoms with Crippen molar-refractivity contribution in [3.63, 3.8) is 0 Å². The lowest BCUT2D eigenvalue weighted by molar-refractivity contribution is -0.124. The van der Waals surface area contributed by atoms with Crippen LogP contribution in [0.3, 0.4) is 0 Å². The molecule has 40 heavy (non-hydrogen) atoms. The lowest BCUT2D eigenvalue weighted by atomic mass is 10.1. The zero-order valence-electron chi connectivity index (χ0n) is 22.3. The minimum atomic E-state index is -0.664. The summed E-state index contributed by atoms with van der Waals surface area (Å²) in [6, 6.07) is 10.6. The van der Waals surface area contributed by atoms with Gasteiger partial charge in [-0.15, -0.1) is 0 Å². The molecule has 0 unspecified atom stereocenters. The standard InChI is InChI=1S/C29H31F2N7O2/c1-19-2-3-22(12-21(19)16-36-8-10-40-11-9-36)34-29-33-15-20-4-6-38(28(20)35-29)23-13-25(30)24(26(31)14-23)17-37-7-5-32-27(39)18-37/h2-4,6,12-15H,5,7-11,16-18H2,1H3,(H,32,39)(H,33,34,35). The quantitative estimate of drug-likeness (QED) is 0.366. The summed E-state index contributed by atoms with van der Waals surface area (Å²) in [4.78, 5) is 24.9. The molecule has 0 saturated carbocycles. The molecule has 2 saturated heterocycles. The van der Waals surface area contributed by atoms with Gasteiger partial charge in [0.15, 0.2) is 0 Å². The number of aromatic nitrogens is 3. The summed E-state index contributed by atoms with van der Waals surface area (Å²) in [5.74, 6) is -1.09. The molecule has 11 heteroatoms. The fraction of sp³-hybridized carbons (Fsp3) is 0.345. The third kappa shape index (κ3) is 5.67. The molecule has 0 bridgehead atoms. The third-order valence-corrected chi connectivity index (χ3v) is 7.43. The average Bonchev–Trinajstić information content (AvgIpc) is 3.36. The Balaban J connectivity index is 1.23. The molecule has 1 amide bonds. The molecule has 9 nitrogen and oxygen atoms in total. The predicted octanol–water partition coefficient (Wildman–Crippen LogP) is 3.51. The molecule has 2 aliphatic heterocycles. The zero-order chi connectivity index (χ0) is 27.6.